The molecule has 0 heterocycles. The van der Waals surface area contributed by atoms with Gasteiger partial charge in [0, 0.05) is 20.6 Å². The minimum absolute atomic E-state index is 0.291. The maximum atomic E-state index is 11.3. The SMILES string of the molecule is CC(=O)O.CCOC(Oc1ccccc1)C(=O)NC. The molecule has 106 valence electrons. The Hall–Kier alpha value is -2.08. The molecule has 6 heteroatoms. The molecule has 0 aliphatic rings. The van der Waals surface area contributed by atoms with E-state index in [0.717, 1.165) is 6.92 Å². The third-order valence-electron chi connectivity index (χ3n) is 1.76. The number of ether oxygens (including phenoxy) is 2. The fourth-order valence-corrected chi connectivity index (χ4v) is 1.06. The Balaban J connectivity index is 0.000000711. The molecule has 0 saturated carbocycles. The van der Waals surface area contributed by atoms with Crippen molar-refractivity contribution in [2.24, 2.45) is 0 Å². The van der Waals surface area contributed by atoms with Gasteiger partial charge < -0.3 is 19.9 Å². The Kier molecular flexibility index (Phi) is 8.82. The van der Waals surface area contributed by atoms with E-state index in [1.807, 2.05) is 25.1 Å². The summed E-state index contributed by atoms with van der Waals surface area (Å²) in [4.78, 5) is 20.3. The van der Waals surface area contributed by atoms with Crippen LogP contribution in [-0.2, 0) is 14.3 Å². The van der Waals surface area contributed by atoms with Crippen LogP contribution in [0.5, 0.6) is 5.75 Å². The number of hydrogen-bond donors (Lipinski definition) is 2. The van der Waals surface area contributed by atoms with Crippen LogP contribution in [0, 0.1) is 0 Å². The second-order valence-electron chi connectivity index (χ2n) is 3.35. The first kappa shape index (κ1) is 16.9. The minimum atomic E-state index is -0.887. The lowest BCUT2D eigenvalue weighted by molar-refractivity contribution is -0.151. The average Bonchev–Trinajstić information content (AvgIpc) is 2.38. The van der Waals surface area contributed by atoms with Crippen molar-refractivity contribution in [1.82, 2.24) is 5.32 Å². The third kappa shape index (κ3) is 8.62. The fourth-order valence-electron chi connectivity index (χ4n) is 1.06. The molecule has 0 aliphatic heterocycles. The van der Waals surface area contributed by atoms with E-state index in [1.54, 1.807) is 19.2 Å². The number of nitrogens with one attached hydrogen (secondary N) is 1. The predicted octanol–water partition coefficient (Wildman–Crippen LogP) is 1.26. The van der Waals surface area contributed by atoms with Gasteiger partial charge in [0.25, 0.3) is 18.2 Å². The monoisotopic (exact) mass is 269 g/mol. The molecule has 1 amide bonds. The molecule has 0 fully saturated rings. The quantitative estimate of drug-likeness (QED) is 0.786. The Bertz CT molecular complexity index is 376. The van der Waals surface area contributed by atoms with Gasteiger partial charge in [0.15, 0.2) is 0 Å². The maximum absolute atomic E-state index is 11.3. The number of carbonyl (C=O) groups is 2. The van der Waals surface area contributed by atoms with Crippen LogP contribution in [0.25, 0.3) is 0 Å². The van der Waals surface area contributed by atoms with Gasteiger partial charge >= 0.3 is 0 Å². The molecular weight excluding hydrogens is 250 g/mol. The highest BCUT2D eigenvalue weighted by atomic mass is 16.7. The summed E-state index contributed by atoms with van der Waals surface area (Å²) in [7, 11) is 1.54. The van der Waals surface area contributed by atoms with E-state index in [2.05, 4.69) is 5.32 Å². The highest BCUT2D eigenvalue weighted by Gasteiger charge is 2.18. The van der Waals surface area contributed by atoms with Crippen LogP contribution in [0.1, 0.15) is 13.8 Å². The molecule has 1 aromatic rings. The third-order valence-corrected chi connectivity index (χ3v) is 1.76. The van der Waals surface area contributed by atoms with E-state index in [-0.39, 0.29) is 5.91 Å². The molecule has 0 spiro atoms. The van der Waals surface area contributed by atoms with E-state index in [0.29, 0.717) is 12.4 Å². The molecular formula is C13H19NO5. The summed E-state index contributed by atoms with van der Waals surface area (Å²) in [6.07, 6.45) is -0.887. The summed E-state index contributed by atoms with van der Waals surface area (Å²) in [5.41, 5.74) is 0. The molecule has 1 atom stereocenters. The topological polar surface area (TPSA) is 84.9 Å². The van der Waals surface area contributed by atoms with Gasteiger partial charge in [-0.15, -0.1) is 0 Å². The van der Waals surface area contributed by atoms with Crippen LogP contribution in [0.4, 0.5) is 0 Å². The van der Waals surface area contributed by atoms with Gasteiger partial charge in [-0.05, 0) is 19.1 Å². The van der Waals surface area contributed by atoms with Gasteiger partial charge in [-0.2, -0.15) is 0 Å². The van der Waals surface area contributed by atoms with E-state index in [4.69, 9.17) is 19.4 Å². The predicted molar refractivity (Wildman–Crippen MR) is 69.9 cm³/mol. The van der Waals surface area contributed by atoms with Crippen molar-refractivity contribution in [3.63, 3.8) is 0 Å². The lowest BCUT2D eigenvalue weighted by Crippen LogP contribution is -2.38. The summed E-state index contributed by atoms with van der Waals surface area (Å²) >= 11 is 0. The number of carboxylic acid groups (broad SMARTS) is 1. The number of likely N-dealkylation sites (N-methyl/N-ethyl adjacent to an activating group) is 1. The largest absolute Gasteiger partial charge is 0.481 e. The number of carboxylic acids is 1. The lowest BCUT2D eigenvalue weighted by atomic mass is 10.3. The number of para-hydroxylation sites is 1. The zero-order valence-electron chi connectivity index (χ0n) is 11.3. The number of carbonyl (C=O) groups excluding carboxylic acids is 1. The van der Waals surface area contributed by atoms with E-state index < -0.39 is 12.3 Å². The van der Waals surface area contributed by atoms with Gasteiger partial charge in [0.1, 0.15) is 5.75 Å². The van der Waals surface area contributed by atoms with Gasteiger partial charge in [-0.1, -0.05) is 18.2 Å². The van der Waals surface area contributed by atoms with Gasteiger partial charge in [0.2, 0.25) is 0 Å². The fraction of sp³-hybridized carbons (Fsp3) is 0.385. The van der Waals surface area contributed by atoms with Crippen LogP contribution in [0.15, 0.2) is 30.3 Å². The Morgan fingerprint density at radius 2 is 1.84 bits per heavy atom. The molecule has 19 heavy (non-hydrogen) atoms. The Morgan fingerprint density at radius 3 is 2.26 bits per heavy atom. The Morgan fingerprint density at radius 1 is 1.32 bits per heavy atom. The summed E-state index contributed by atoms with van der Waals surface area (Å²) in [6, 6.07) is 9.09. The zero-order chi connectivity index (χ0) is 14.7. The first-order valence-electron chi connectivity index (χ1n) is 5.75. The van der Waals surface area contributed by atoms with Crippen molar-refractivity contribution in [2.75, 3.05) is 13.7 Å². The Labute approximate surface area is 112 Å². The first-order valence-corrected chi connectivity index (χ1v) is 5.75. The summed E-state index contributed by atoms with van der Waals surface area (Å²) in [5.74, 6) is -0.514. The van der Waals surface area contributed by atoms with Crippen molar-refractivity contribution in [3.8, 4) is 5.75 Å². The number of benzene rings is 1. The average molecular weight is 269 g/mol. The van der Waals surface area contributed by atoms with Crippen LogP contribution >= 0.6 is 0 Å². The van der Waals surface area contributed by atoms with Crippen LogP contribution in [-0.4, -0.2) is 36.9 Å². The van der Waals surface area contributed by atoms with Crippen LogP contribution < -0.4 is 10.1 Å². The molecule has 6 nitrogen and oxygen atoms in total. The molecule has 1 aromatic carbocycles. The normalized spacial score (nSPS) is 10.7. The van der Waals surface area contributed by atoms with Crippen molar-refractivity contribution in [2.45, 2.75) is 20.1 Å². The summed E-state index contributed by atoms with van der Waals surface area (Å²) in [6.45, 7) is 3.31. The van der Waals surface area contributed by atoms with Crippen molar-refractivity contribution >= 4 is 11.9 Å². The zero-order valence-corrected chi connectivity index (χ0v) is 11.3. The van der Waals surface area contributed by atoms with Gasteiger partial charge in [-0.3, -0.25) is 9.59 Å². The summed E-state index contributed by atoms with van der Waals surface area (Å²) in [5, 5.41) is 9.90. The van der Waals surface area contributed by atoms with Crippen molar-refractivity contribution in [3.05, 3.63) is 30.3 Å². The van der Waals surface area contributed by atoms with Gasteiger partial charge in [-0.25, -0.2) is 0 Å². The second-order valence-corrected chi connectivity index (χ2v) is 3.35. The van der Waals surface area contributed by atoms with E-state index in [1.165, 1.54) is 0 Å². The smallest absolute Gasteiger partial charge is 0.300 e. The van der Waals surface area contributed by atoms with E-state index in [9.17, 15) is 4.79 Å². The molecule has 1 rings (SSSR count). The molecule has 0 aromatic heterocycles. The second kappa shape index (κ2) is 9.90. The first-order chi connectivity index (χ1) is 9.01. The van der Waals surface area contributed by atoms with Gasteiger partial charge in [0.05, 0.1) is 0 Å². The highest BCUT2D eigenvalue weighted by Crippen LogP contribution is 2.11. The molecule has 0 aliphatic carbocycles. The van der Waals surface area contributed by atoms with Crippen LogP contribution in [0.3, 0.4) is 0 Å². The number of aliphatic carboxylic acids is 1. The summed E-state index contributed by atoms with van der Waals surface area (Å²) < 4.78 is 10.5. The molecule has 0 saturated heterocycles. The molecule has 2 N–H and O–H groups in total. The maximum Gasteiger partial charge on any atom is 0.300 e. The number of amides is 1. The number of hydrogen-bond acceptors (Lipinski definition) is 4. The number of rotatable bonds is 5. The molecule has 1 unspecified atom stereocenters. The minimum Gasteiger partial charge on any atom is -0.481 e. The highest BCUT2D eigenvalue weighted by molar-refractivity contribution is 5.79. The standard InChI is InChI=1S/C11H15NO3.C2H4O2/c1-3-14-11(10(13)12-2)15-9-7-5-4-6-8-9;1-2(3)4/h4-8,11H,3H2,1-2H3,(H,12,13);1H3,(H,3,4). The van der Waals surface area contributed by atoms with Crippen LogP contribution in [0.2, 0.25) is 0 Å². The van der Waals surface area contributed by atoms with E-state index >= 15 is 0 Å². The lowest BCUT2D eigenvalue weighted by Gasteiger charge is -2.16. The molecule has 0 bridgehead atoms. The van der Waals surface area contributed by atoms with Crippen molar-refractivity contribution in [1.29, 1.82) is 0 Å². The van der Waals surface area contributed by atoms with Crippen molar-refractivity contribution < 1.29 is 24.2 Å². The molecule has 0 radical (unpaired) electrons.